The van der Waals surface area contributed by atoms with Crippen molar-refractivity contribution in [2.75, 3.05) is 44.9 Å². The van der Waals surface area contributed by atoms with Crippen molar-refractivity contribution in [2.45, 2.75) is 0 Å². The lowest BCUT2D eigenvalue weighted by molar-refractivity contribution is 0.419. The summed E-state index contributed by atoms with van der Waals surface area (Å²) in [5.74, 6) is 0. The van der Waals surface area contributed by atoms with E-state index in [1.54, 1.807) is 0 Å². The van der Waals surface area contributed by atoms with Gasteiger partial charge < -0.3 is 0 Å². The lowest BCUT2D eigenvalue weighted by Crippen LogP contribution is -2.41. The molecule has 0 saturated heterocycles. The fourth-order valence-electron chi connectivity index (χ4n) is 1.15. The minimum atomic E-state index is -3.54. The van der Waals surface area contributed by atoms with Crippen LogP contribution >= 0.6 is 0 Å². The maximum Gasteiger partial charge on any atom is 0.211 e. The molecular weight excluding hydrogens is 318 g/mol. The number of nitrogens with zero attached hydrogens (tertiary/aromatic N) is 1. The zero-order valence-electron chi connectivity index (χ0n) is 10.9. The van der Waals surface area contributed by atoms with Crippen LogP contribution in [0.2, 0.25) is 0 Å². The Balaban J connectivity index is 4.43. The van der Waals surface area contributed by atoms with Gasteiger partial charge in [-0.3, -0.25) is 0 Å². The molecular formula is C7H19N3O6S3. The van der Waals surface area contributed by atoms with E-state index in [1.165, 1.54) is 0 Å². The molecule has 116 valence electrons. The van der Waals surface area contributed by atoms with Crippen LogP contribution in [-0.4, -0.2) is 74.5 Å². The Hall–Kier alpha value is -0.270. The summed E-state index contributed by atoms with van der Waals surface area (Å²) in [4.78, 5) is 0. The Morgan fingerprint density at radius 3 is 1.26 bits per heavy atom. The molecule has 2 N–H and O–H groups in total. The molecule has 0 saturated carbocycles. The van der Waals surface area contributed by atoms with Crippen LogP contribution in [0.3, 0.4) is 0 Å². The van der Waals surface area contributed by atoms with Crippen LogP contribution in [0.15, 0.2) is 0 Å². The average molecular weight is 337 g/mol. The molecule has 0 spiro atoms. The third-order valence-corrected chi connectivity index (χ3v) is 4.68. The predicted octanol–water partition coefficient (Wildman–Crippen LogP) is -2.65. The maximum atomic E-state index is 11.4. The van der Waals surface area contributed by atoms with Gasteiger partial charge in [-0.15, -0.1) is 0 Å². The normalized spacial score (nSPS) is 13.9. The average Bonchev–Trinajstić information content (AvgIpc) is 2.09. The Kier molecular flexibility index (Phi) is 6.85. The van der Waals surface area contributed by atoms with E-state index in [2.05, 4.69) is 9.44 Å². The number of nitrogens with one attached hydrogen (secondary N) is 2. The van der Waals surface area contributed by atoms with Crippen LogP contribution in [-0.2, 0) is 30.1 Å². The van der Waals surface area contributed by atoms with Crippen molar-refractivity contribution >= 4 is 30.1 Å². The molecule has 0 heterocycles. The molecule has 9 nitrogen and oxygen atoms in total. The van der Waals surface area contributed by atoms with E-state index in [1.807, 2.05) is 0 Å². The minimum absolute atomic E-state index is 0.0721. The van der Waals surface area contributed by atoms with Gasteiger partial charge in [0, 0.05) is 26.2 Å². The van der Waals surface area contributed by atoms with Crippen molar-refractivity contribution in [1.82, 2.24) is 13.7 Å². The second kappa shape index (κ2) is 6.95. The molecule has 0 aliphatic carbocycles. The van der Waals surface area contributed by atoms with Gasteiger partial charge in [0.15, 0.2) is 0 Å². The first kappa shape index (κ1) is 18.7. The van der Waals surface area contributed by atoms with E-state index in [0.29, 0.717) is 0 Å². The molecule has 0 aromatic heterocycles. The van der Waals surface area contributed by atoms with Gasteiger partial charge >= 0.3 is 0 Å². The largest absolute Gasteiger partial charge is 0.214 e. The minimum Gasteiger partial charge on any atom is -0.214 e. The monoisotopic (exact) mass is 337 g/mol. The first-order valence-corrected chi connectivity index (χ1v) is 10.8. The third kappa shape index (κ3) is 11.3. The Morgan fingerprint density at radius 2 is 1.05 bits per heavy atom. The lowest BCUT2D eigenvalue weighted by atomic mass is 10.6. The lowest BCUT2D eigenvalue weighted by Gasteiger charge is -2.19. The van der Waals surface area contributed by atoms with Crippen molar-refractivity contribution in [2.24, 2.45) is 0 Å². The van der Waals surface area contributed by atoms with Crippen LogP contribution in [0.25, 0.3) is 0 Å². The van der Waals surface area contributed by atoms with E-state index in [4.69, 9.17) is 0 Å². The molecule has 0 aromatic rings. The second-order valence-electron chi connectivity index (χ2n) is 4.00. The molecule has 0 bridgehead atoms. The maximum absolute atomic E-state index is 11.4. The summed E-state index contributed by atoms with van der Waals surface area (Å²) in [5, 5.41) is 0. The van der Waals surface area contributed by atoms with Crippen LogP contribution in [0.1, 0.15) is 0 Å². The summed E-state index contributed by atoms with van der Waals surface area (Å²) in [6, 6.07) is 0. The second-order valence-corrected chi connectivity index (χ2v) is 9.64. The predicted molar refractivity (Wildman–Crippen MR) is 72.1 cm³/mol. The van der Waals surface area contributed by atoms with E-state index in [-0.39, 0.29) is 26.2 Å². The first-order valence-electron chi connectivity index (χ1n) is 5.16. The summed E-state index contributed by atoms with van der Waals surface area (Å²) in [6.45, 7) is -0.301. The van der Waals surface area contributed by atoms with Gasteiger partial charge in [0.05, 0.1) is 18.8 Å². The van der Waals surface area contributed by atoms with Crippen molar-refractivity contribution in [1.29, 1.82) is 0 Å². The summed E-state index contributed by atoms with van der Waals surface area (Å²) >= 11 is 0. The quantitative estimate of drug-likeness (QED) is 0.472. The molecule has 0 unspecified atom stereocenters. The van der Waals surface area contributed by atoms with Gasteiger partial charge in [0.2, 0.25) is 30.1 Å². The number of sulfonamides is 3. The van der Waals surface area contributed by atoms with Gasteiger partial charge in [0.25, 0.3) is 0 Å². The summed E-state index contributed by atoms with van der Waals surface area (Å²) in [7, 11) is -10.3. The number of hydrogen-bond donors (Lipinski definition) is 2. The molecule has 0 amide bonds. The molecule has 19 heavy (non-hydrogen) atoms. The van der Waals surface area contributed by atoms with Crippen LogP contribution in [0.4, 0.5) is 0 Å². The molecule has 0 aliphatic heterocycles. The van der Waals surface area contributed by atoms with Crippen molar-refractivity contribution in [3.05, 3.63) is 0 Å². The smallest absolute Gasteiger partial charge is 0.211 e. The summed E-state index contributed by atoms with van der Waals surface area (Å²) in [5.41, 5.74) is 0. The molecule has 0 radical (unpaired) electrons. The van der Waals surface area contributed by atoms with Gasteiger partial charge in [-0.2, -0.15) is 4.31 Å². The number of hydrogen-bond acceptors (Lipinski definition) is 6. The topological polar surface area (TPSA) is 130 Å². The zero-order valence-corrected chi connectivity index (χ0v) is 13.4. The van der Waals surface area contributed by atoms with Crippen LogP contribution in [0.5, 0.6) is 0 Å². The van der Waals surface area contributed by atoms with Crippen molar-refractivity contribution < 1.29 is 25.3 Å². The van der Waals surface area contributed by atoms with Gasteiger partial charge in [-0.1, -0.05) is 0 Å². The highest BCUT2D eigenvalue weighted by atomic mass is 32.2. The molecule has 12 heteroatoms. The van der Waals surface area contributed by atoms with E-state index < -0.39 is 30.1 Å². The van der Waals surface area contributed by atoms with Crippen molar-refractivity contribution in [3.8, 4) is 0 Å². The molecule has 0 fully saturated rings. The van der Waals surface area contributed by atoms with Gasteiger partial charge in [0.1, 0.15) is 0 Å². The van der Waals surface area contributed by atoms with Crippen LogP contribution < -0.4 is 9.44 Å². The van der Waals surface area contributed by atoms with Crippen LogP contribution in [0, 0.1) is 0 Å². The van der Waals surface area contributed by atoms with E-state index >= 15 is 0 Å². The highest BCUT2D eigenvalue weighted by Crippen LogP contribution is 1.96. The first-order chi connectivity index (χ1) is 8.31. The third-order valence-electron chi connectivity index (χ3n) is 1.92. The standard InChI is InChI=1S/C7H19N3O6S3/c1-17(11,12)8-4-6-10(19(3,15)16)7-5-9-18(2,13)14/h8-9H,4-7H2,1-3H3. The van der Waals surface area contributed by atoms with Crippen molar-refractivity contribution in [3.63, 3.8) is 0 Å². The SMILES string of the molecule is CS(=O)(=O)NCCN(CCNS(C)(=O)=O)S(C)(=O)=O. The molecule has 0 aliphatic rings. The number of rotatable bonds is 9. The summed E-state index contributed by atoms with van der Waals surface area (Å²) < 4.78 is 71.5. The Bertz CT molecular complexity index is 542. The zero-order chi connectivity index (χ0) is 15.3. The highest BCUT2D eigenvalue weighted by Gasteiger charge is 2.17. The summed E-state index contributed by atoms with van der Waals surface area (Å²) in [6.07, 6.45) is 2.89. The highest BCUT2D eigenvalue weighted by molar-refractivity contribution is 7.89. The fraction of sp³-hybridized carbons (Fsp3) is 1.00. The molecule has 0 aromatic carbocycles. The molecule has 0 atom stereocenters. The Labute approximate surface area is 114 Å². The Morgan fingerprint density at radius 1 is 0.737 bits per heavy atom. The van der Waals surface area contributed by atoms with Gasteiger partial charge in [-0.05, 0) is 0 Å². The van der Waals surface area contributed by atoms with E-state index in [0.717, 1.165) is 23.1 Å². The fourth-order valence-corrected chi connectivity index (χ4v) is 2.92. The van der Waals surface area contributed by atoms with Gasteiger partial charge in [-0.25, -0.2) is 34.7 Å². The molecule has 0 rings (SSSR count). The van der Waals surface area contributed by atoms with E-state index in [9.17, 15) is 25.3 Å².